The zero-order valence-corrected chi connectivity index (χ0v) is 6.43. The molecule has 0 aromatic heterocycles. The van der Waals surface area contributed by atoms with Gasteiger partial charge in [-0.1, -0.05) is 0 Å². The summed E-state index contributed by atoms with van der Waals surface area (Å²) in [4.78, 5) is 21.0. The van der Waals surface area contributed by atoms with Gasteiger partial charge in [-0.3, -0.25) is 4.79 Å². The molecule has 3 N–H and O–H groups in total. The van der Waals surface area contributed by atoms with E-state index in [0.29, 0.717) is 0 Å². The van der Waals surface area contributed by atoms with Crippen molar-refractivity contribution in [3.8, 4) is 0 Å². The maximum atomic E-state index is 10.5. The predicted octanol–water partition coefficient (Wildman–Crippen LogP) is -2.56. The third-order valence-corrected chi connectivity index (χ3v) is 1.23. The molecule has 0 saturated carbocycles. The van der Waals surface area contributed by atoms with Crippen LogP contribution in [0, 0.1) is 0 Å². The minimum absolute atomic E-state index is 0.935. The lowest BCUT2D eigenvalue weighted by molar-refractivity contribution is -0.161. The normalized spacial score (nSPS) is 15.0. The molecule has 6 nitrogen and oxygen atoms in total. The number of Topliss-reactive ketones (excluding diaryl/α,β-unsaturated/α-hetero) is 1. The summed E-state index contributed by atoms with van der Waals surface area (Å²) in [5.74, 6) is -2.16. The predicted molar refractivity (Wildman–Crippen MR) is 36.1 cm³/mol. The SMILES string of the molecule is COC(=O)[C@@H](O)[C@H](O)C(=O)CO. The Hall–Kier alpha value is -0.980. The van der Waals surface area contributed by atoms with Crippen LogP contribution in [0.2, 0.25) is 0 Å². The molecule has 70 valence electrons. The third-order valence-electron chi connectivity index (χ3n) is 1.23. The minimum Gasteiger partial charge on any atom is -0.467 e. The summed E-state index contributed by atoms with van der Waals surface area (Å²) in [6.07, 6.45) is -3.86. The van der Waals surface area contributed by atoms with Crippen LogP contribution in [-0.2, 0) is 14.3 Å². The Morgan fingerprint density at radius 3 is 2.17 bits per heavy atom. The van der Waals surface area contributed by atoms with E-state index in [-0.39, 0.29) is 0 Å². The number of aliphatic hydroxyl groups excluding tert-OH is 3. The second-order valence-electron chi connectivity index (χ2n) is 2.04. The molecule has 2 atom stereocenters. The van der Waals surface area contributed by atoms with Crippen LogP contribution in [0.15, 0.2) is 0 Å². The summed E-state index contributed by atoms with van der Waals surface area (Å²) in [5.41, 5.74) is 0. The fourth-order valence-corrected chi connectivity index (χ4v) is 0.519. The van der Waals surface area contributed by atoms with E-state index in [9.17, 15) is 9.59 Å². The topological polar surface area (TPSA) is 104 Å². The van der Waals surface area contributed by atoms with Crippen LogP contribution in [0.1, 0.15) is 0 Å². The van der Waals surface area contributed by atoms with Gasteiger partial charge in [0, 0.05) is 0 Å². The van der Waals surface area contributed by atoms with Crippen molar-refractivity contribution in [2.75, 3.05) is 13.7 Å². The van der Waals surface area contributed by atoms with Crippen molar-refractivity contribution in [2.24, 2.45) is 0 Å². The van der Waals surface area contributed by atoms with Crippen molar-refractivity contribution >= 4 is 11.8 Å². The number of carbonyl (C=O) groups excluding carboxylic acids is 2. The molecular weight excluding hydrogens is 168 g/mol. The average Bonchev–Trinajstić information content (AvgIpc) is 2.12. The van der Waals surface area contributed by atoms with E-state index in [1.54, 1.807) is 0 Å². The molecule has 0 bridgehead atoms. The summed E-state index contributed by atoms with van der Waals surface area (Å²) < 4.78 is 4.04. The fourth-order valence-electron chi connectivity index (χ4n) is 0.519. The number of methoxy groups -OCH3 is 1. The number of hydrogen-bond acceptors (Lipinski definition) is 6. The first-order valence-corrected chi connectivity index (χ1v) is 3.12. The van der Waals surface area contributed by atoms with Crippen LogP contribution in [-0.4, -0.2) is 53.0 Å². The Bertz CT molecular complexity index is 157. The summed E-state index contributed by atoms with van der Waals surface area (Å²) >= 11 is 0. The highest BCUT2D eigenvalue weighted by Crippen LogP contribution is 1.97. The van der Waals surface area contributed by atoms with Crippen LogP contribution >= 0.6 is 0 Å². The summed E-state index contributed by atoms with van der Waals surface area (Å²) in [6, 6.07) is 0. The fraction of sp³-hybridized carbons (Fsp3) is 0.667. The quantitative estimate of drug-likeness (QED) is 0.409. The lowest BCUT2D eigenvalue weighted by Crippen LogP contribution is -2.41. The molecule has 0 aromatic carbocycles. The standard InChI is InChI=1S/C6H10O6/c1-12-6(11)5(10)4(9)3(8)2-7/h4-5,7,9-10H,2H2,1H3/t4-,5+/m1/s1. The van der Waals surface area contributed by atoms with Crippen molar-refractivity contribution in [3.05, 3.63) is 0 Å². The van der Waals surface area contributed by atoms with Gasteiger partial charge < -0.3 is 20.1 Å². The van der Waals surface area contributed by atoms with Crippen LogP contribution in [0.3, 0.4) is 0 Å². The van der Waals surface area contributed by atoms with Gasteiger partial charge in [0.05, 0.1) is 7.11 Å². The summed E-state index contributed by atoms with van der Waals surface area (Å²) in [5, 5.41) is 25.9. The maximum absolute atomic E-state index is 10.5. The first-order valence-electron chi connectivity index (χ1n) is 3.12. The summed E-state index contributed by atoms with van der Waals surface area (Å²) in [7, 11) is 1.00. The number of ketones is 1. The number of rotatable bonds is 4. The molecule has 0 rings (SSSR count). The highest BCUT2D eigenvalue weighted by Gasteiger charge is 2.30. The second kappa shape index (κ2) is 4.81. The van der Waals surface area contributed by atoms with E-state index < -0.39 is 30.6 Å². The Balaban J connectivity index is 4.18. The second-order valence-corrected chi connectivity index (χ2v) is 2.04. The van der Waals surface area contributed by atoms with Gasteiger partial charge in [-0.05, 0) is 0 Å². The molecule has 0 aliphatic carbocycles. The van der Waals surface area contributed by atoms with Crippen molar-refractivity contribution in [3.63, 3.8) is 0 Å². The van der Waals surface area contributed by atoms with Gasteiger partial charge in [-0.2, -0.15) is 0 Å². The van der Waals surface area contributed by atoms with Crippen molar-refractivity contribution in [1.29, 1.82) is 0 Å². The zero-order chi connectivity index (χ0) is 9.72. The first-order chi connectivity index (χ1) is 5.54. The Kier molecular flexibility index (Phi) is 4.42. The molecule has 0 aliphatic heterocycles. The minimum atomic E-state index is -1.94. The molecule has 0 unspecified atom stereocenters. The molecule has 0 heterocycles. The van der Waals surface area contributed by atoms with E-state index in [1.807, 2.05) is 0 Å². The van der Waals surface area contributed by atoms with Crippen molar-refractivity contribution in [2.45, 2.75) is 12.2 Å². The van der Waals surface area contributed by atoms with Gasteiger partial charge in [-0.25, -0.2) is 4.79 Å². The molecule has 6 heteroatoms. The van der Waals surface area contributed by atoms with Gasteiger partial charge in [0.25, 0.3) is 0 Å². The smallest absolute Gasteiger partial charge is 0.337 e. The third kappa shape index (κ3) is 2.57. The summed E-state index contributed by atoms with van der Waals surface area (Å²) in [6.45, 7) is -0.935. The zero-order valence-electron chi connectivity index (χ0n) is 6.43. The Morgan fingerprint density at radius 2 is 1.83 bits per heavy atom. The van der Waals surface area contributed by atoms with Gasteiger partial charge in [-0.15, -0.1) is 0 Å². The molecule has 0 aromatic rings. The maximum Gasteiger partial charge on any atom is 0.337 e. The van der Waals surface area contributed by atoms with Gasteiger partial charge in [0.15, 0.2) is 18.0 Å². The number of ether oxygens (including phenoxy) is 1. The van der Waals surface area contributed by atoms with Gasteiger partial charge >= 0.3 is 5.97 Å². The molecule has 0 radical (unpaired) electrons. The van der Waals surface area contributed by atoms with Crippen molar-refractivity contribution in [1.82, 2.24) is 0 Å². The van der Waals surface area contributed by atoms with Crippen LogP contribution in [0.25, 0.3) is 0 Å². The molecule has 0 spiro atoms. The average molecular weight is 178 g/mol. The van der Waals surface area contributed by atoms with Crippen LogP contribution in [0.4, 0.5) is 0 Å². The van der Waals surface area contributed by atoms with E-state index in [1.165, 1.54) is 0 Å². The number of aliphatic hydroxyl groups is 3. The Labute approximate surface area is 68.4 Å². The van der Waals surface area contributed by atoms with Crippen molar-refractivity contribution < 1.29 is 29.6 Å². The Morgan fingerprint density at radius 1 is 1.33 bits per heavy atom. The number of esters is 1. The van der Waals surface area contributed by atoms with Gasteiger partial charge in [0.1, 0.15) is 6.61 Å². The first kappa shape index (κ1) is 11.0. The highest BCUT2D eigenvalue weighted by atomic mass is 16.5. The molecule has 0 aliphatic rings. The van der Waals surface area contributed by atoms with E-state index >= 15 is 0 Å². The lowest BCUT2D eigenvalue weighted by Gasteiger charge is -2.12. The highest BCUT2D eigenvalue weighted by molar-refractivity contribution is 5.90. The lowest BCUT2D eigenvalue weighted by atomic mass is 10.1. The molecule has 12 heavy (non-hydrogen) atoms. The molecule has 0 fully saturated rings. The largest absolute Gasteiger partial charge is 0.467 e. The number of hydrogen-bond donors (Lipinski definition) is 3. The van der Waals surface area contributed by atoms with Gasteiger partial charge in [0.2, 0.25) is 0 Å². The number of carbonyl (C=O) groups is 2. The van der Waals surface area contributed by atoms with E-state index in [4.69, 9.17) is 15.3 Å². The molecule has 0 amide bonds. The van der Waals surface area contributed by atoms with E-state index in [2.05, 4.69) is 4.74 Å². The van der Waals surface area contributed by atoms with Crippen LogP contribution in [0.5, 0.6) is 0 Å². The van der Waals surface area contributed by atoms with E-state index in [0.717, 1.165) is 7.11 Å². The molecule has 0 saturated heterocycles. The molecular formula is C6H10O6. The van der Waals surface area contributed by atoms with Crippen LogP contribution < -0.4 is 0 Å². The monoisotopic (exact) mass is 178 g/mol.